The summed E-state index contributed by atoms with van der Waals surface area (Å²) in [6.45, 7) is 6.71. The lowest BCUT2D eigenvalue weighted by Gasteiger charge is -2.26. The first kappa shape index (κ1) is 11.8. The zero-order chi connectivity index (χ0) is 12.5. The minimum absolute atomic E-state index is 0.639. The predicted octanol–water partition coefficient (Wildman–Crippen LogP) is 1.12. The molecule has 18 heavy (non-hydrogen) atoms. The van der Waals surface area contributed by atoms with Crippen LogP contribution in [0.15, 0.2) is 12.4 Å². The first-order valence-corrected chi connectivity index (χ1v) is 6.95. The van der Waals surface area contributed by atoms with E-state index in [1.807, 2.05) is 6.33 Å². The standard InChI is InChI=1S/C12H17N5S/c1-9-10(4-11(5-13)18-9)6-16-2-3-17-8-14-15-12(17)7-16/h4,8H,2-3,5-7,13H2,1H3. The molecule has 0 spiro atoms. The molecule has 0 aromatic carbocycles. The van der Waals surface area contributed by atoms with E-state index in [2.05, 4.69) is 32.7 Å². The van der Waals surface area contributed by atoms with Gasteiger partial charge < -0.3 is 10.3 Å². The largest absolute Gasteiger partial charge is 0.326 e. The molecule has 0 unspecified atom stereocenters. The average Bonchev–Trinajstić information content (AvgIpc) is 2.96. The summed E-state index contributed by atoms with van der Waals surface area (Å²) in [5.41, 5.74) is 7.09. The number of aryl methyl sites for hydroxylation is 1. The van der Waals surface area contributed by atoms with Crippen molar-refractivity contribution in [1.82, 2.24) is 19.7 Å². The number of fused-ring (bicyclic) bond motifs is 1. The maximum atomic E-state index is 5.69. The molecule has 2 aromatic heterocycles. The molecule has 2 N–H and O–H groups in total. The summed E-state index contributed by atoms with van der Waals surface area (Å²) in [5, 5.41) is 8.10. The number of nitrogens with two attached hydrogens (primary N) is 1. The lowest BCUT2D eigenvalue weighted by molar-refractivity contribution is 0.208. The van der Waals surface area contributed by atoms with Crippen LogP contribution in [0.2, 0.25) is 0 Å². The third-order valence-electron chi connectivity index (χ3n) is 3.38. The van der Waals surface area contributed by atoms with Gasteiger partial charge in [0.15, 0.2) is 0 Å². The Hall–Kier alpha value is -1.24. The fourth-order valence-electron chi connectivity index (χ4n) is 2.34. The summed E-state index contributed by atoms with van der Waals surface area (Å²) in [6.07, 6.45) is 1.81. The van der Waals surface area contributed by atoms with Crippen molar-refractivity contribution in [2.24, 2.45) is 5.73 Å². The van der Waals surface area contributed by atoms with Crippen LogP contribution < -0.4 is 5.73 Å². The van der Waals surface area contributed by atoms with E-state index in [9.17, 15) is 0 Å². The second kappa shape index (κ2) is 4.79. The van der Waals surface area contributed by atoms with E-state index in [4.69, 9.17) is 5.73 Å². The van der Waals surface area contributed by atoms with Crippen LogP contribution in [-0.4, -0.2) is 26.2 Å². The predicted molar refractivity (Wildman–Crippen MR) is 71.1 cm³/mol. The summed E-state index contributed by atoms with van der Waals surface area (Å²) in [7, 11) is 0. The van der Waals surface area contributed by atoms with Gasteiger partial charge in [0.2, 0.25) is 0 Å². The highest BCUT2D eigenvalue weighted by atomic mass is 32.1. The van der Waals surface area contributed by atoms with Gasteiger partial charge in [-0.15, -0.1) is 21.5 Å². The van der Waals surface area contributed by atoms with Crippen molar-refractivity contribution in [3.8, 4) is 0 Å². The third-order valence-corrected chi connectivity index (χ3v) is 4.50. The van der Waals surface area contributed by atoms with Crippen molar-refractivity contribution in [2.75, 3.05) is 6.54 Å². The molecule has 0 atom stereocenters. The molecular formula is C12H17N5S. The Kier molecular flexibility index (Phi) is 3.15. The lowest BCUT2D eigenvalue weighted by atomic mass is 10.2. The van der Waals surface area contributed by atoms with Crippen molar-refractivity contribution in [3.63, 3.8) is 0 Å². The van der Waals surface area contributed by atoms with E-state index in [0.29, 0.717) is 6.54 Å². The van der Waals surface area contributed by atoms with Crippen molar-refractivity contribution in [3.05, 3.63) is 33.5 Å². The Balaban J connectivity index is 1.72. The molecule has 96 valence electrons. The van der Waals surface area contributed by atoms with E-state index in [-0.39, 0.29) is 0 Å². The molecule has 0 amide bonds. The molecular weight excluding hydrogens is 246 g/mol. The maximum absolute atomic E-state index is 5.69. The fraction of sp³-hybridized carbons (Fsp3) is 0.500. The molecule has 6 heteroatoms. The molecule has 0 saturated heterocycles. The Labute approximate surface area is 110 Å². The minimum Gasteiger partial charge on any atom is -0.326 e. The van der Waals surface area contributed by atoms with Crippen molar-refractivity contribution < 1.29 is 0 Å². The Morgan fingerprint density at radius 1 is 1.44 bits per heavy atom. The SMILES string of the molecule is Cc1sc(CN)cc1CN1CCn2cnnc2C1. The smallest absolute Gasteiger partial charge is 0.147 e. The highest BCUT2D eigenvalue weighted by molar-refractivity contribution is 7.12. The number of thiophene rings is 1. The summed E-state index contributed by atoms with van der Waals surface area (Å²) >= 11 is 1.81. The van der Waals surface area contributed by atoms with E-state index in [0.717, 1.165) is 32.0 Å². The van der Waals surface area contributed by atoms with Gasteiger partial charge in [0.25, 0.3) is 0 Å². The van der Waals surface area contributed by atoms with Crippen LogP contribution in [0.1, 0.15) is 21.1 Å². The van der Waals surface area contributed by atoms with Gasteiger partial charge in [-0.05, 0) is 18.6 Å². The van der Waals surface area contributed by atoms with E-state index in [1.165, 1.54) is 15.3 Å². The minimum atomic E-state index is 0.639. The Morgan fingerprint density at radius 2 is 2.33 bits per heavy atom. The van der Waals surface area contributed by atoms with E-state index >= 15 is 0 Å². The monoisotopic (exact) mass is 263 g/mol. The van der Waals surface area contributed by atoms with Crippen LogP contribution in [0, 0.1) is 6.92 Å². The number of rotatable bonds is 3. The molecule has 5 nitrogen and oxygen atoms in total. The number of hydrogen-bond acceptors (Lipinski definition) is 5. The fourth-order valence-corrected chi connectivity index (χ4v) is 3.27. The highest BCUT2D eigenvalue weighted by Gasteiger charge is 2.18. The normalized spacial score (nSPS) is 15.9. The van der Waals surface area contributed by atoms with Gasteiger partial charge in [-0.25, -0.2) is 0 Å². The molecule has 3 heterocycles. The molecule has 3 rings (SSSR count). The summed E-state index contributed by atoms with van der Waals surface area (Å²) in [4.78, 5) is 5.06. The van der Waals surface area contributed by atoms with Crippen molar-refractivity contribution in [2.45, 2.75) is 33.1 Å². The quantitative estimate of drug-likeness (QED) is 0.901. The summed E-state index contributed by atoms with van der Waals surface area (Å²) in [6, 6.07) is 2.24. The van der Waals surface area contributed by atoms with Crippen LogP contribution in [0.4, 0.5) is 0 Å². The van der Waals surface area contributed by atoms with Crippen molar-refractivity contribution in [1.29, 1.82) is 0 Å². The molecule has 0 saturated carbocycles. The van der Waals surface area contributed by atoms with E-state index < -0.39 is 0 Å². The topological polar surface area (TPSA) is 60.0 Å². The molecule has 1 aliphatic rings. The molecule has 1 aliphatic heterocycles. The van der Waals surface area contributed by atoms with Gasteiger partial charge in [-0.2, -0.15) is 0 Å². The van der Waals surface area contributed by atoms with Gasteiger partial charge in [0.1, 0.15) is 12.2 Å². The zero-order valence-corrected chi connectivity index (χ0v) is 11.3. The van der Waals surface area contributed by atoms with Crippen LogP contribution in [0.25, 0.3) is 0 Å². The summed E-state index contributed by atoms with van der Waals surface area (Å²) in [5.74, 6) is 1.06. The van der Waals surface area contributed by atoms with Gasteiger partial charge in [0, 0.05) is 35.9 Å². The van der Waals surface area contributed by atoms with Gasteiger partial charge >= 0.3 is 0 Å². The van der Waals surface area contributed by atoms with Crippen molar-refractivity contribution >= 4 is 11.3 Å². The van der Waals surface area contributed by atoms with Gasteiger partial charge in [0.05, 0.1) is 6.54 Å². The average molecular weight is 263 g/mol. The first-order chi connectivity index (χ1) is 8.76. The van der Waals surface area contributed by atoms with Crippen LogP contribution in [-0.2, 0) is 26.2 Å². The molecule has 0 fully saturated rings. The highest BCUT2D eigenvalue weighted by Crippen LogP contribution is 2.23. The van der Waals surface area contributed by atoms with Crippen LogP contribution in [0.3, 0.4) is 0 Å². The lowest BCUT2D eigenvalue weighted by Crippen LogP contribution is -2.33. The molecule has 2 aromatic rings. The second-order valence-electron chi connectivity index (χ2n) is 4.65. The number of aromatic nitrogens is 3. The zero-order valence-electron chi connectivity index (χ0n) is 10.5. The molecule has 0 bridgehead atoms. The van der Waals surface area contributed by atoms with Crippen LogP contribution >= 0.6 is 11.3 Å². The number of nitrogens with zero attached hydrogens (tertiary/aromatic N) is 4. The number of hydrogen-bond donors (Lipinski definition) is 1. The summed E-state index contributed by atoms with van der Waals surface area (Å²) < 4.78 is 2.13. The van der Waals surface area contributed by atoms with Gasteiger partial charge in [-0.1, -0.05) is 0 Å². The molecule has 0 aliphatic carbocycles. The molecule has 0 radical (unpaired) electrons. The first-order valence-electron chi connectivity index (χ1n) is 6.13. The maximum Gasteiger partial charge on any atom is 0.147 e. The van der Waals surface area contributed by atoms with Gasteiger partial charge in [-0.3, -0.25) is 4.90 Å². The van der Waals surface area contributed by atoms with E-state index in [1.54, 1.807) is 11.3 Å². The second-order valence-corrected chi connectivity index (χ2v) is 5.99. The van der Waals surface area contributed by atoms with Crippen LogP contribution in [0.5, 0.6) is 0 Å². The Bertz CT molecular complexity index is 544. The Morgan fingerprint density at radius 3 is 3.11 bits per heavy atom. The third kappa shape index (κ3) is 2.19.